The lowest BCUT2D eigenvalue weighted by molar-refractivity contribution is 0.0703. The molecule has 1 aliphatic rings. The Labute approximate surface area is 168 Å². The van der Waals surface area contributed by atoms with Gasteiger partial charge in [0.25, 0.3) is 0 Å². The van der Waals surface area contributed by atoms with Crippen molar-refractivity contribution < 1.29 is 19.4 Å². The Balaban J connectivity index is 1.54. The van der Waals surface area contributed by atoms with Crippen LogP contribution in [-0.2, 0) is 0 Å². The number of hydrogen-bond donors (Lipinski definition) is 2. The quantitative estimate of drug-likeness (QED) is 0.471. The number of nitrogens with zero attached hydrogens (tertiary/aromatic N) is 2. The van der Waals surface area contributed by atoms with Crippen molar-refractivity contribution >= 4 is 50.6 Å². The van der Waals surface area contributed by atoms with Crippen molar-refractivity contribution in [1.29, 1.82) is 0 Å². The number of carbonyl (C=O) groups excluding carboxylic acids is 1. The molecular weight excluding hydrogens is 390 g/mol. The first-order valence-corrected chi connectivity index (χ1v) is 9.52. The van der Waals surface area contributed by atoms with Crippen LogP contribution in [0.25, 0.3) is 10.2 Å². The Bertz CT molecular complexity index is 1250. The molecule has 0 spiro atoms. The first-order valence-electron chi connectivity index (χ1n) is 8.71. The SMILES string of the molecule is O=C(O)c1sc2nccc3c2c1NC(=O)N3c1ccc(Oc2ccccc2)cc1. The summed E-state index contributed by atoms with van der Waals surface area (Å²) in [5.41, 5.74) is 1.52. The van der Waals surface area contributed by atoms with Crippen LogP contribution in [0.15, 0.2) is 66.9 Å². The molecule has 0 atom stereocenters. The van der Waals surface area contributed by atoms with Crippen molar-refractivity contribution in [2.75, 3.05) is 10.2 Å². The van der Waals surface area contributed by atoms with Gasteiger partial charge in [0, 0.05) is 6.20 Å². The van der Waals surface area contributed by atoms with Gasteiger partial charge < -0.3 is 15.2 Å². The highest BCUT2D eigenvalue weighted by Crippen LogP contribution is 2.45. The van der Waals surface area contributed by atoms with E-state index < -0.39 is 12.0 Å². The molecule has 7 nitrogen and oxygen atoms in total. The summed E-state index contributed by atoms with van der Waals surface area (Å²) < 4.78 is 5.80. The fourth-order valence-electron chi connectivity index (χ4n) is 3.28. The summed E-state index contributed by atoms with van der Waals surface area (Å²) in [6, 6.07) is 17.8. The molecule has 2 N–H and O–H groups in total. The maximum atomic E-state index is 12.8. The van der Waals surface area contributed by atoms with Gasteiger partial charge in [-0.2, -0.15) is 0 Å². The summed E-state index contributed by atoms with van der Waals surface area (Å²) in [5.74, 6) is 0.266. The van der Waals surface area contributed by atoms with Crippen molar-refractivity contribution in [3.8, 4) is 11.5 Å². The van der Waals surface area contributed by atoms with Crippen LogP contribution in [0.4, 0.5) is 21.9 Å². The van der Waals surface area contributed by atoms with Gasteiger partial charge in [-0.25, -0.2) is 14.6 Å². The van der Waals surface area contributed by atoms with E-state index >= 15 is 0 Å². The number of thiophene rings is 1. The fraction of sp³-hybridized carbons (Fsp3) is 0. The van der Waals surface area contributed by atoms with Gasteiger partial charge in [0.2, 0.25) is 0 Å². The molecule has 0 aliphatic carbocycles. The number of ether oxygens (including phenoxy) is 1. The zero-order valence-electron chi connectivity index (χ0n) is 14.8. The normalized spacial score (nSPS) is 12.7. The minimum absolute atomic E-state index is 0.0690. The summed E-state index contributed by atoms with van der Waals surface area (Å²) in [4.78, 5) is 30.7. The largest absolute Gasteiger partial charge is 0.477 e. The predicted molar refractivity (Wildman–Crippen MR) is 111 cm³/mol. The van der Waals surface area contributed by atoms with Crippen molar-refractivity contribution in [3.05, 3.63) is 71.7 Å². The highest BCUT2D eigenvalue weighted by molar-refractivity contribution is 7.21. The highest BCUT2D eigenvalue weighted by atomic mass is 32.1. The summed E-state index contributed by atoms with van der Waals surface area (Å²) in [7, 11) is 0. The zero-order chi connectivity index (χ0) is 20.0. The number of rotatable bonds is 4. The Morgan fingerprint density at radius 3 is 2.48 bits per heavy atom. The topological polar surface area (TPSA) is 91.8 Å². The Morgan fingerprint density at radius 1 is 1.03 bits per heavy atom. The smallest absolute Gasteiger partial charge is 0.348 e. The number of amides is 2. The molecule has 142 valence electrons. The molecule has 3 heterocycles. The third kappa shape index (κ3) is 2.86. The summed E-state index contributed by atoms with van der Waals surface area (Å²) in [6.45, 7) is 0. The number of hydrogen-bond acceptors (Lipinski definition) is 5. The molecule has 8 heteroatoms. The maximum Gasteiger partial charge on any atom is 0.348 e. The molecule has 0 fully saturated rings. The van der Waals surface area contributed by atoms with Crippen LogP contribution in [0, 0.1) is 0 Å². The Hall–Kier alpha value is -3.91. The average molecular weight is 403 g/mol. The molecule has 2 amide bonds. The van der Waals surface area contributed by atoms with Crippen molar-refractivity contribution in [2.45, 2.75) is 0 Å². The molecule has 0 saturated carbocycles. The highest BCUT2D eigenvalue weighted by Gasteiger charge is 2.32. The molecular formula is C21H13N3O4S. The van der Waals surface area contributed by atoms with E-state index in [1.165, 1.54) is 4.90 Å². The number of aromatic carboxylic acids is 1. The Morgan fingerprint density at radius 2 is 1.76 bits per heavy atom. The van der Waals surface area contributed by atoms with Crippen molar-refractivity contribution in [3.63, 3.8) is 0 Å². The van der Waals surface area contributed by atoms with Crippen LogP contribution in [-0.4, -0.2) is 22.1 Å². The second-order valence-corrected chi connectivity index (χ2v) is 7.30. The number of para-hydroxylation sites is 1. The van der Waals surface area contributed by atoms with Gasteiger partial charge in [0.15, 0.2) is 0 Å². The first-order chi connectivity index (χ1) is 14.1. The number of nitrogens with one attached hydrogen (secondary N) is 1. The standard InChI is InChI=1S/C21H13N3O4S/c25-20(26)18-17-16-15(10-11-22-19(16)29-18)24(21(27)23-17)12-6-8-14(9-7-12)28-13-4-2-1-3-5-13/h1-11H,(H,23,27)(H,25,26). The molecule has 2 aromatic heterocycles. The first kappa shape index (κ1) is 17.2. The molecule has 4 aromatic rings. The lowest BCUT2D eigenvalue weighted by atomic mass is 10.1. The van der Waals surface area contributed by atoms with Crippen molar-refractivity contribution in [2.24, 2.45) is 0 Å². The lowest BCUT2D eigenvalue weighted by Crippen LogP contribution is -2.34. The van der Waals surface area contributed by atoms with Crippen LogP contribution in [0.2, 0.25) is 0 Å². The molecule has 0 radical (unpaired) electrons. The van der Waals surface area contributed by atoms with Gasteiger partial charge in [-0.15, -0.1) is 11.3 Å². The molecule has 0 unspecified atom stereocenters. The summed E-state index contributed by atoms with van der Waals surface area (Å²) in [6.07, 6.45) is 1.57. The number of urea groups is 1. The molecule has 2 aromatic carbocycles. The van der Waals surface area contributed by atoms with E-state index in [4.69, 9.17) is 4.74 Å². The van der Waals surface area contributed by atoms with Crippen LogP contribution >= 0.6 is 11.3 Å². The molecule has 5 rings (SSSR count). The van der Waals surface area contributed by atoms with Gasteiger partial charge in [-0.3, -0.25) is 4.90 Å². The maximum absolute atomic E-state index is 12.8. The number of aromatic nitrogens is 1. The lowest BCUT2D eigenvalue weighted by Gasteiger charge is -2.28. The Kier molecular flexibility index (Phi) is 3.92. The second kappa shape index (κ2) is 6.61. The minimum Gasteiger partial charge on any atom is -0.477 e. The van der Waals surface area contributed by atoms with Crippen LogP contribution in [0.3, 0.4) is 0 Å². The van der Waals surface area contributed by atoms with E-state index in [-0.39, 0.29) is 4.88 Å². The van der Waals surface area contributed by atoms with Gasteiger partial charge in [0.05, 0.1) is 22.4 Å². The van der Waals surface area contributed by atoms with E-state index in [0.717, 1.165) is 17.1 Å². The zero-order valence-corrected chi connectivity index (χ0v) is 15.6. The van der Waals surface area contributed by atoms with E-state index in [1.807, 2.05) is 30.3 Å². The van der Waals surface area contributed by atoms with Crippen LogP contribution in [0.5, 0.6) is 11.5 Å². The van der Waals surface area contributed by atoms with E-state index in [9.17, 15) is 14.7 Å². The van der Waals surface area contributed by atoms with Crippen molar-refractivity contribution in [1.82, 2.24) is 4.98 Å². The van der Waals surface area contributed by atoms with E-state index in [1.54, 1.807) is 36.5 Å². The van der Waals surface area contributed by atoms with Gasteiger partial charge >= 0.3 is 12.0 Å². The van der Waals surface area contributed by atoms with Gasteiger partial charge in [0.1, 0.15) is 21.2 Å². The van der Waals surface area contributed by atoms with Gasteiger partial charge in [-0.1, -0.05) is 18.2 Å². The molecule has 0 saturated heterocycles. The molecule has 1 aliphatic heterocycles. The van der Waals surface area contributed by atoms with Crippen LogP contribution in [0.1, 0.15) is 9.67 Å². The summed E-state index contributed by atoms with van der Waals surface area (Å²) >= 11 is 1.04. The van der Waals surface area contributed by atoms with Gasteiger partial charge in [-0.05, 0) is 42.5 Å². The monoisotopic (exact) mass is 403 g/mol. The molecule has 0 bridgehead atoms. The van der Waals surface area contributed by atoms with E-state index in [0.29, 0.717) is 33.0 Å². The number of carbonyl (C=O) groups is 2. The number of anilines is 3. The average Bonchev–Trinajstić information content (AvgIpc) is 3.10. The summed E-state index contributed by atoms with van der Waals surface area (Å²) in [5, 5.41) is 12.8. The predicted octanol–water partition coefficient (Wildman–Crippen LogP) is 5.47. The number of benzene rings is 2. The number of carboxylic acid groups (broad SMARTS) is 1. The minimum atomic E-state index is -1.09. The second-order valence-electron chi connectivity index (χ2n) is 6.30. The fourth-order valence-corrected chi connectivity index (χ4v) is 4.24. The molecule has 29 heavy (non-hydrogen) atoms. The van der Waals surface area contributed by atoms with Crippen LogP contribution < -0.4 is 15.0 Å². The third-order valence-corrected chi connectivity index (χ3v) is 5.60. The number of pyridine rings is 1. The van der Waals surface area contributed by atoms with E-state index in [2.05, 4.69) is 10.3 Å². The number of carboxylic acids is 1. The third-order valence-electron chi connectivity index (χ3n) is 4.51.